The zero-order valence-corrected chi connectivity index (χ0v) is 16.9. The fourth-order valence-electron chi connectivity index (χ4n) is 2.99. The monoisotopic (exact) mass is 450 g/mol. The number of halogens is 6. The summed E-state index contributed by atoms with van der Waals surface area (Å²) in [6.07, 6.45) is -3.38. The third-order valence-corrected chi connectivity index (χ3v) is 5.09. The molecule has 1 aliphatic heterocycles. The second-order valence-electron chi connectivity index (χ2n) is 5.85. The van der Waals surface area contributed by atoms with Crippen LogP contribution in [0.5, 0.6) is 0 Å². The highest BCUT2D eigenvalue weighted by molar-refractivity contribution is 9.10. The Balaban J connectivity index is 0.00000264. The third-order valence-electron chi connectivity index (χ3n) is 4.37. The molecule has 2 nitrogen and oxygen atoms in total. The Hall–Kier alpha value is -0.0100. The Morgan fingerprint density at radius 2 is 1.79 bits per heavy atom. The molecule has 1 N–H and O–H groups in total. The predicted molar refractivity (Wildman–Crippen MR) is 100 cm³/mol. The first-order valence-electron chi connectivity index (χ1n) is 7.66. The Bertz CT molecular complexity index is 509. The Morgan fingerprint density at radius 3 is 2.29 bits per heavy atom. The maximum Gasteiger partial charge on any atom is 0.416 e. The molecule has 0 radical (unpaired) electrons. The highest BCUT2D eigenvalue weighted by Gasteiger charge is 2.34. The van der Waals surface area contributed by atoms with Crippen molar-refractivity contribution in [2.75, 3.05) is 26.2 Å². The first-order chi connectivity index (χ1) is 10.3. The maximum atomic E-state index is 13.0. The average molecular weight is 452 g/mol. The molecule has 0 spiro atoms. The van der Waals surface area contributed by atoms with E-state index in [2.05, 4.69) is 40.0 Å². The van der Waals surface area contributed by atoms with Gasteiger partial charge in [0.1, 0.15) is 0 Å². The predicted octanol–water partition coefficient (Wildman–Crippen LogP) is 5.30. The largest absolute Gasteiger partial charge is 0.416 e. The van der Waals surface area contributed by atoms with Crippen LogP contribution in [0.1, 0.15) is 37.4 Å². The average Bonchev–Trinajstić information content (AvgIpc) is 2.49. The van der Waals surface area contributed by atoms with Crippen molar-refractivity contribution in [1.29, 1.82) is 0 Å². The van der Waals surface area contributed by atoms with E-state index in [1.165, 1.54) is 12.1 Å². The zero-order valence-electron chi connectivity index (χ0n) is 13.7. The van der Waals surface area contributed by atoms with E-state index in [0.717, 1.165) is 48.7 Å². The SMILES string of the molecule is CCC(C)[C@@H](c1cc(C(F)(F)F)ccc1Br)N1CCNCC1.Cl.Cl. The number of hydrogen-bond acceptors (Lipinski definition) is 2. The van der Waals surface area contributed by atoms with Crippen LogP contribution in [-0.2, 0) is 6.18 Å². The molecule has 1 aromatic carbocycles. The number of piperazine rings is 1. The molecule has 1 aromatic rings. The van der Waals surface area contributed by atoms with Crippen LogP contribution in [0.15, 0.2) is 22.7 Å². The van der Waals surface area contributed by atoms with Gasteiger partial charge < -0.3 is 5.32 Å². The van der Waals surface area contributed by atoms with Crippen LogP contribution in [0.3, 0.4) is 0 Å². The molecule has 2 rings (SSSR count). The summed E-state index contributed by atoms with van der Waals surface area (Å²) in [5.74, 6) is 0.290. The molecule has 24 heavy (non-hydrogen) atoms. The smallest absolute Gasteiger partial charge is 0.314 e. The summed E-state index contributed by atoms with van der Waals surface area (Å²) in [5.41, 5.74) is 0.167. The van der Waals surface area contributed by atoms with Crippen LogP contribution in [-0.4, -0.2) is 31.1 Å². The van der Waals surface area contributed by atoms with E-state index in [1.54, 1.807) is 0 Å². The fraction of sp³-hybridized carbons (Fsp3) is 0.625. The standard InChI is InChI=1S/C16H22BrF3N2.2ClH/c1-3-11(2)15(22-8-6-21-7-9-22)13-10-12(16(18,19)20)4-5-14(13)17;;/h4-5,10-11,15,21H,3,6-9H2,1-2H3;2*1H/t11?,15-;;/m0../s1. The molecule has 0 aromatic heterocycles. The topological polar surface area (TPSA) is 15.3 Å². The molecular weight excluding hydrogens is 428 g/mol. The van der Waals surface area contributed by atoms with Crippen LogP contribution >= 0.6 is 40.7 Å². The van der Waals surface area contributed by atoms with Crippen molar-refractivity contribution >= 4 is 40.7 Å². The first-order valence-corrected chi connectivity index (χ1v) is 8.45. The summed E-state index contributed by atoms with van der Waals surface area (Å²) in [5, 5.41) is 3.29. The van der Waals surface area contributed by atoms with Crippen molar-refractivity contribution in [1.82, 2.24) is 10.2 Å². The Labute approximate surface area is 162 Å². The molecular formula is C16H24BrCl2F3N2. The van der Waals surface area contributed by atoms with Crippen molar-refractivity contribution in [3.63, 3.8) is 0 Å². The molecule has 1 unspecified atom stereocenters. The van der Waals surface area contributed by atoms with Gasteiger partial charge in [-0.05, 0) is 29.7 Å². The number of nitrogens with one attached hydrogen (secondary N) is 1. The minimum atomic E-state index is -4.31. The van der Waals surface area contributed by atoms with Crippen LogP contribution in [0, 0.1) is 5.92 Å². The number of rotatable bonds is 4. The molecule has 0 amide bonds. The molecule has 140 valence electrons. The zero-order chi connectivity index (χ0) is 16.3. The first kappa shape index (κ1) is 24.0. The molecule has 1 heterocycles. The van der Waals surface area contributed by atoms with E-state index in [-0.39, 0.29) is 36.8 Å². The van der Waals surface area contributed by atoms with Gasteiger partial charge in [0.15, 0.2) is 0 Å². The molecule has 0 saturated carbocycles. The van der Waals surface area contributed by atoms with Crippen molar-refractivity contribution in [2.45, 2.75) is 32.5 Å². The molecule has 1 fully saturated rings. The van der Waals surface area contributed by atoms with E-state index in [9.17, 15) is 13.2 Å². The minimum Gasteiger partial charge on any atom is -0.314 e. The van der Waals surface area contributed by atoms with Crippen molar-refractivity contribution in [2.24, 2.45) is 5.92 Å². The van der Waals surface area contributed by atoms with Gasteiger partial charge in [-0.25, -0.2) is 0 Å². The van der Waals surface area contributed by atoms with Gasteiger partial charge in [-0.2, -0.15) is 13.2 Å². The highest BCUT2D eigenvalue weighted by Crippen LogP contribution is 2.39. The van der Waals surface area contributed by atoms with Gasteiger partial charge in [-0.1, -0.05) is 36.2 Å². The maximum absolute atomic E-state index is 13.0. The van der Waals surface area contributed by atoms with E-state index in [0.29, 0.717) is 0 Å². The van der Waals surface area contributed by atoms with Crippen LogP contribution < -0.4 is 5.32 Å². The molecule has 0 bridgehead atoms. The van der Waals surface area contributed by atoms with E-state index in [4.69, 9.17) is 0 Å². The summed E-state index contributed by atoms with van der Waals surface area (Å²) in [7, 11) is 0. The molecule has 2 atom stereocenters. The van der Waals surface area contributed by atoms with Gasteiger partial charge in [-0.3, -0.25) is 4.90 Å². The van der Waals surface area contributed by atoms with Gasteiger partial charge in [-0.15, -0.1) is 24.8 Å². The van der Waals surface area contributed by atoms with E-state index in [1.807, 2.05) is 0 Å². The van der Waals surface area contributed by atoms with Crippen LogP contribution in [0.4, 0.5) is 13.2 Å². The van der Waals surface area contributed by atoms with Crippen molar-refractivity contribution in [3.05, 3.63) is 33.8 Å². The lowest BCUT2D eigenvalue weighted by Gasteiger charge is -2.39. The molecule has 1 aliphatic rings. The minimum absolute atomic E-state index is 0. The van der Waals surface area contributed by atoms with Crippen molar-refractivity contribution in [3.8, 4) is 0 Å². The fourth-order valence-corrected chi connectivity index (χ4v) is 3.47. The number of nitrogens with zero attached hydrogens (tertiary/aromatic N) is 1. The third kappa shape index (κ3) is 5.77. The summed E-state index contributed by atoms with van der Waals surface area (Å²) < 4.78 is 39.9. The summed E-state index contributed by atoms with van der Waals surface area (Å²) in [4.78, 5) is 2.30. The second-order valence-corrected chi connectivity index (χ2v) is 6.70. The lowest BCUT2D eigenvalue weighted by atomic mass is 9.89. The van der Waals surface area contributed by atoms with Gasteiger partial charge >= 0.3 is 6.18 Å². The number of benzene rings is 1. The quantitative estimate of drug-likeness (QED) is 0.667. The Kier molecular flexibility index (Phi) is 10.2. The van der Waals surface area contributed by atoms with E-state index >= 15 is 0 Å². The lowest BCUT2D eigenvalue weighted by Crippen LogP contribution is -2.46. The summed E-state index contributed by atoms with van der Waals surface area (Å²) in [6.45, 7) is 7.67. The molecule has 0 aliphatic carbocycles. The lowest BCUT2D eigenvalue weighted by molar-refractivity contribution is -0.137. The molecule has 1 saturated heterocycles. The molecule has 8 heteroatoms. The van der Waals surface area contributed by atoms with E-state index < -0.39 is 11.7 Å². The van der Waals surface area contributed by atoms with Crippen LogP contribution in [0.25, 0.3) is 0 Å². The van der Waals surface area contributed by atoms with Crippen LogP contribution in [0.2, 0.25) is 0 Å². The number of alkyl halides is 3. The number of hydrogen-bond donors (Lipinski definition) is 1. The Morgan fingerprint density at radius 1 is 1.21 bits per heavy atom. The second kappa shape index (κ2) is 10.2. The normalized spacial score (nSPS) is 18.2. The van der Waals surface area contributed by atoms with Crippen molar-refractivity contribution < 1.29 is 13.2 Å². The van der Waals surface area contributed by atoms with Gasteiger partial charge in [0.2, 0.25) is 0 Å². The van der Waals surface area contributed by atoms with Gasteiger partial charge in [0, 0.05) is 36.7 Å². The van der Waals surface area contributed by atoms with Gasteiger partial charge in [0.25, 0.3) is 0 Å². The highest BCUT2D eigenvalue weighted by atomic mass is 79.9. The van der Waals surface area contributed by atoms with Gasteiger partial charge in [0.05, 0.1) is 5.56 Å². The summed E-state index contributed by atoms with van der Waals surface area (Å²) >= 11 is 3.45. The summed E-state index contributed by atoms with van der Waals surface area (Å²) in [6, 6.07) is 3.97.